The zero-order valence-corrected chi connectivity index (χ0v) is 16.1. The van der Waals surface area contributed by atoms with E-state index in [2.05, 4.69) is 5.32 Å². The van der Waals surface area contributed by atoms with Crippen LogP contribution in [-0.4, -0.2) is 22.0 Å². The Morgan fingerprint density at radius 1 is 1.11 bits per heavy atom. The molecule has 1 aromatic carbocycles. The highest BCUT2D eigenvalue weighted by atomic mass is 32.2. The van der Waals surface area contributed by atoms with Crippen molar-refractivity contribution in [2.45, 2.75) is 29.7 Å². The predicted octanol–water partition coefficient (Wildman–Crippen LogP) is 4.37. The van der Waals surface area contributed by atoms with E-state index in [1.807, 2.05) is 53.9 Å². The molecular formula is C20H18N2O3S2. The molecule has 5 nitrogen and oxygen atoms in total. The summed E-state index contributed by atoms with van der Waals surface area (Å²) < 4.78 is 5.42. The van der Waals surface area contributed by atoms with Crippen LogP contribution in [0.2, 0.25) is 0 Å². The average Bonchev–Trinajstić information content (AvgIpc) is 3.36. The molecule has 2 aromatic heterocycles. The SMILES string of the molecule is O=C1Nc2ccccc2SC1CC(=O)N(Cc1ccco1)Cc1cccs1. The lowest BCUT2D eigenvalue weighted by molar-refractivity contribution is -0.134. The number of nitrogens with one attached hydrogen (secondary N) is 1. The summed E-state index contributed by atoms with van der Waals surface area (Å²) in [6.45, 7) is 0.895. The molecule has 0 saturated carbocycles. The number of anilines is 1. The molecule has 0 aliphatic carbocycles. The highest BCUT2D eigenvalue weighted by molar-refractivity contribution is 8.01. The van der Waals surface area contributed by atoms with Crippen LogP contribution in [0.1, 0.15) is 17.1 Å². The van der Waals surface area contributed by atoms with E-state index in [-0.39, 0.29) is 18.2 Å². The number of carbonyl (C=O) groups is 2. The van der Waals surface area contributed by atoms with Crippen molar-refractivity contribution in [3.05, 3.63) is 70.8 Å². The van der Waals surface area contributed by atoms with Crippen LogP contribution in [0.15, 0.2) is 69.5 Å². The number of carbonyl (C=O) groups excluding carboxylic acids is 2. The maximum atomic E-state index is 13.0. The third-order valence-corrected chi connectivity index (χ3v) is 6.41. The monoisotopic (exact) mass is 398 g/mol. The zero-order chi connectivity index (χ0) is 18.6. The molecule has 0 bridgehead atoms. The van der Waals surface area contributed by atoms with Gasteiger partial charge in [-0.2, -0.15) is 0 Å². The van der Waals surface area contributed by atoms with Crippen molar-refractivity contribution in [1.29, 1.82) is 0 Å². The first-order valence-corrected chi connectivity index (χ1v) is 10.3. The van der Waals surface area contributed by atoms with E-state index in [1.165, 1.54) is 11.8 Å². The maximum absolute atomic E-state index is 13.0. The third-order valence-electron chi connectivity index (χ3n) is 4.27. The normalized spacial score (nSPS) is 15.9. The lowest BCUT2D eigenvalue weighted by Crippen LogP contribution is -2.36. The number of furan rings is 1. The van der Waals surface area contributed by atoms with Crippen molar-refractivity contribution in [3.63, 3.8) is 0 Å². The van der Waals surface area contributed by atoms with Gasteiger partial charge in [0.05, 0.1) is 30.3 Å². The Kier molecular flexibility index (Phi) is 5.31. The minimum atomic E-state index is -0.435. The first-order valence-electron chi connectivity index (χ1n) is 8.58. The number of thioether (sulfide) groups is 1. The fourth-order valence-corrected chi connectivity index (χ4v) is 4.75. The highest BCUT2D eigenvalue weighted by Gasteiger charge is 2.30. The quantitative estimate of drug-likeness (QED) is 0.670. The van der Waals surface area contributed by atoms with Gasteiger partial charge in [-0.25, -0.2) is 0 Å². The van der Waals surface area contributed by atoms with Gasteiger partial charge in [0.2, 0.25) is 11.8 Å². The van der Waals surface area contributed by atoms with E-state index in [0.717, 1.165) is 21.2 Å². The number of hydrogen-bond donors (Lipinski definition) is 1. The molecule has 1 atom stereocenters. The van der Waals surface area contributed by atoms with Crippen molar-refractivity contribution < 1.29 is 14.0 Å². The Balaban J connectivity index is 1.48. The molecule has 1 unspecified atom stereocenters. The van der Waals surface area contributed by atoms with Crippen LogP contribution in [-0.2, 0) is 22.7 Å². The van der Waals surface area contributed by atoms with Crippen molar-refractivity contribution in [2.75, 3.05) is 5.32 Å². The predicted molar refractivity (Wildman–Crippen MR) is 107 cm³/mol. The molecule has 27 heavy (non-hydrogen) atoms. The van der Waals surface area contributed by atoms with Crippen LogP contribution in [0.5, 0.6) is 0 Å². The number of thiophene rings is 1. The minimum absolute atomic E-state index is 0.0631. The number of fused-ring (bicyclic) bond motifs is 1. The molecule has 138 valence electrons. The molecule has 1 aliphatic rings. The smallest absolute Gasteiger partial charge is 0.238 e. The summed E-state index contributed by atoms with van der Waals surface area (Å²) >= 11 is 3.06. The summed E-state index contributed by atoms with van der Waals surface area (Å²) in [4.78, 5) is 29.3. The highest BCUT2D eigenvalue weighted by Crippen LogP contribution is 2.37. The van der Waals surface area contributed by atoms with E-state index < -0.39 is 5.25 Å². The Hall–Kier alpha value is -2.51. The Labute approximate surface area is 165 Å². The van der Waals surface area contributed by atoms with Crippen molar-refractivity contribution in [3.8, 4) is 0 Å². The molecule has 3 heterocycles. The Morgan fingerprint density at radius 3 is 2.78 bits per heavy atom. The van der Waals surface area contributed by atoms with Gasteiger partial charge in [0.15, 0.2) is 0 Å². The lowest BCUT2D eigenvalue weighted by atomic mass is 10.2. The van der Waals surface area contributed by atoms with Crippen LogP contribution < -0.4 is 5.32 Å². The van der Waals surface area contributed by atoms with Gasteiger partial charge in [-0.05, 0) is 35.7 Å². The van der Waals surface area contributed by atoms with Crippen molar-refractivity contribution in [1.82, 2.24) is 4.90 Å². The summed E-state index contributed by atoms with van der Waals surface area (Å²) in [5.74, 6) is 0.541. The van der Waals surface area contributed by atoms with Crippen molar-refractivity contribution >= 4 is 40.6 Å². The van der Waals surface area contributed by atoms with Gasteiger partial charge >= 0.3 is 0 Å². The number of benzene rings is 1. The van der Waals surface area contributed by atoms with E-state index >= 15 is 0 Å². The van der Waals surface area contributed by atoms with Gasteiger partial charge in [0.1, 0.15) is 5.76 Å². The molecule has 0 spiro atoms. The topological polar surface area (TPSA) is 62.6 Å². The molecular weight excluding hydrogens is 380 g/mol. The summed E-state index contributed by atoms with van der Waals surface area (Å²) in [5, 5.41) is 4.46. The van der Waals surface area contributed by atoms with E-state index in [0.29, 0.717) is 13.1 Å². The first-order chi connectivity index (χ1) is 13.2. The average molecular weight is 399 g/mol. The first kappa shape index (κ1) is 17.9. The maximum Gasteiger partial charge on any atom is 0.238 e. The number of amides is 2. The minimum Gasteiger partial charge on any atom is -0.467 e. The molecule has 2 amide bonds. The number of nitrogens with zero attached hydrogens (tertiary/aromatic N) is 1. The second kappa shape index (κ2) is 8.02. The van der Waals surface area contributed by atoms with Crippen molar-refractivity contribution in [2.24, 2.45) is 0 Å². The zero-order valence-electron chi connectivity index (χ0n) is 14.5. The van der Waals surface area contributed by atoms with E-state index in [4.69, 9.17) is 4.42 Å². The second-order valence-corrected chi connectivity index (χ2v) is 8.48. The largest absolute Gasteiger partial charge is 0.467 e. The fraction of sp³-hybridized carbons (Fsp3) is 0.200. The van der Waals surface area contributed by atoms with Crippen LogP contribution in [0.3, 0.4) is 0 Å². The van der Waals surface area contributed by atoms with Crippen LogP contribution >= 0.6 is 23.1 Å². The van der Waals surface area contributed by atoms with Gasteiger partial charge in [0.25, 0.3) is 0 Å². The molecule has 3 aromatic rings. The molecule has 1 N–H and O–H groups in total. The van der Waals surface area contributed by atoms with Gasteiger partial charge < -0.3 is 14.6 Å². The molecule has 1 aliphatic heterocycles. The summed E-state index contributed by atoms with van der Waals surface area (Å²) in [7, 11) is 0. The molecule has 0 radical (unpaired) electrons. The molecule has 0 saturated heterocycles. The number of para-hydroxylation sites is 1. The fourth-order valence-electron chi connectivity index (χ4n) is 2.93. The van der Waals surface area contributed by atoms with E-state index in [1.54, 1.807) is 22.5 Å². The summed E-state index contributed by atoms with van der Waals surface area (Å²) in [5.41, 5.74) is 0.808. The standard InChI is InChI=1S/C20H18N2O3S2/c23-19(11-18-20(24)21-16-7-1-2-8-17(16)27-18)22(12-14-5-3-9-25-14)13-15-6-4-10-26-15/h1-10,18H,11-13H2,(H,21,24). The van der Waals surface area contributed by atoms with Gasteiger partial charge in [-0.1, -0.05) is 18.2 Å². The Bertz CT molecular complexity index is 886. The van der Waals surface area contributed by atoms with Gasteiger partial charge in [-0.3, -0.25) is 9.59 Å². The van der Waals surface area contributed by atoms with Crippen LogP contribution in [0, 0.1) is 0 Å². The molecule has 0 fully saturated rings. The third kappa shape index (κ3) is 4.26. The Morgan fingerprint density at radius 2 is 2.00 bits per heavy atom. The van der Waals surface area contributed by atoms with Gasteiger partial charge in [-0.15, -0.1) is 23.1 Å². The summed E-state index contributed by atoms with van der Waals surface area (Å²) in [6.07, 6.45) is 1.75. The van der Waals surface area contributed by atoms with Crippen LogP contribution in [0.25, 0.3) is 0 Å². The molecule has 4 rings (SSSR count). The van der Waals surface area contributed by atoms with Crippen LogP contribution in [0.4, 0.5) is 5.69 Å². The summed E-state index contributed by atoms with van der Waals surface area (Å²) in [6, 6.07) is 15.3. The van der Waals surface area contributed by atoms with Gasteiger partial charge in [0, 0.05) is 16.2 Å². The van der Waals surface area contributed by atoms with E-state index in [9.17, 15) is 9.59 Å². The second-order valence-electron chi connectivity index (χ2n) is 6.20. The number of rotatable bonds is 6. The molecule has 7 heteroatoms. The lowest BCUT2D eigenvalue weighted by Gasteiger charge is -2.27. The number of hydrogen-bond acceptors (Lipinski definition) is 5.